The number of nitrogen functional groups attached to an aromatic ring is 1. The van der Waals surface area contributed by atoms with E-state index in [2.05, 4.69) is 60.8 Å². The summed E-state index contributed by atoms with van der Waals surface area (Å²) < 4.78 is 0. The van der Waals surface area contributed by atoms with Gasteiger partial charge in [0.25, 0.3) is 0 Å². The molecule has 0 aromatic heterocycles. The first kappa shape index (κ1) is 17.5. The number of nitrogens with one attached hydrogen (secondary N) is 2. The normalized spacial score (nSPS) is 16.6. The lowest BCUT2D eigenvalue weighted by Crippen LogP contribution is -2.27. The Bertz CT molecular complexity index is 1030. The fourth-order valence-corrected chi connectivity index (χ4v) is 3.84. The van der Waals surface area contributed by atoms with E-state index in [1.54, 1.807) is 0 Å². The lowest BCUT2D eigenvalue weighted by Gasteiger charge is -2.25. The first-order valence-electron chi connectivity index (χ1n) is 9.54. The van der Waals surface area contributed by atoms with Gasteiger partial charge in [0.05, 0.1) is 0 Å². The van der Waals surface area contributed by atoms with Crippen molar-refractivity contribution in [2.45, 2.75) is 25.8 Å². The van der Waals surface area contributed by atoms with Gasteiger partial charge in [0.15, 0.2) is 0 Å². The van der Waals surface area contributed by atoms with Crippen LogP contribution in [0.25, 0.3) is 22.9 Å². The standard InChI is InChI=1S/C24H25N3/c1-2-18-14-27-15-22-8-6-17(12-23(18)22)4-3-16-5-7-20-13-21(24(25)26)10-9-19(20)11-16/h3-13,18,27H,2,14-15H2,1H3,(H3,25,26). The van der Waals surface area contributed by atoms with Crippen LogP contribution in [0.5, 0.6) is 0 Å². The zero-order valence-electron chi connectivity index (χ0n) is 15.6. The van der Waals surface area contributed by atoms with Crippen molar-refractivity contribution in [2.75, 3.05) is 6.54 Å². The van der Waals surface area contributed by atoms with Gasteiger partial charge in [-0.15, -0.1) is 0 Å². The van der Waals surface area contributed by atoms with Crippen molar-refractivity contribution in [3.63, 3.8) is 0 Å². The molecule has 4 rings (SSSR count). The van der Waals surface area contributed by atoms with Gasteiger partial charge in [0.1, 0.15) is 5.84 Å². The minimum atomic E-state index is 0.105. The van der Waals surface area contributed by atoms with E-state index in [1.807, 2.05) is 18.2 Å². The quantitative estimate of drug-likeness (QED) is 0.354. The second kappa shape index (κ2) is 7.37. The summed E-state index contributed by atoms with van der Waals surface area (Å²) in [7, 11) is 0. The predicted molar refractivity (Wildman–Crippen MR) is 115 cm³/mol. The number of benzene rings is 3. The second-order valence-electron chi connectivity index (χ2n) is 7.26. The van der Waals surface area contributed by atoms with Crippen LogP contribution >= 0.6 is 0 Å². The molecule has 1 heterocycles. The van der Waals surface area contributed by atoms with E-state index < -0.39 is 0 Å². The van der Waals surface area contributed by atoms with Gasteiger partial charge in [-0.05, 0) is 57.5 Å². The summed E-state index contributed by atoms with van der Waals surface area (Å²) in [5, 5.41) is 13.3. The molecule has 0 radical (unpaired) electrons. The summed E-state index contributed by atoms with van der Waals surface area (Å²) in [6.07, 6.45) is 5.53. The molecule has 1 aliphatic heterocycles. The molecule has 0 aliphatic carbocycles. The van der Waals surface area contributed by atoms with Crippen LogP contribution < -0.4 is 11.1 Å². The third-order valence-corrected chi connectivity index (χ3v) is 5.45. The van der Waals surface area contributed by atoms with Gasteiger partial charge in [-0.25, -0.2) is 0 Å². The zero-order valence-corrected chi connectivity index (χ0v) is 15.6. The molecular formula is C24H25N3. The van der Waals surface area contributed by atoms with Crippen LogP contribution in [0.4, 0.5) is 0 Å². The highest BCUT2D eigenvalue weighted by Gasteiger charge is 2.17. The van der Waals surface area contributed by atoms with Gasteiger partial charge < -0.3 is 11.1 Å². The Kier molecular flexibility index (Phi) is 4.78. The maximum Gasteiger partial charge on any atom is 0.122 e. The van der Waals surface area contributed by atoms with E-state index in [-0.39, 0.29) is 5.84 Å². The molecule has 3 aromatic carbocycles. The Labute approximate surface area is 160 Å². The number of amidine groups is 1. The molecule has 0 bridgehead atoms. The van der Waals surface area contributed by atoms with Crippen molar-refractivity contribution in [2.24, 2.45) is 5.73 Å². The van der Waals surface area contributed by atoms with Crippen LogP contribution in [-0.4, -0.2) is 12.4 Å². The lowest BCUT2D eigenvalue weighted by molar-refractivity contribution is 0.530. The third kappa shape index (κ3) is 3.64. The van der Waals surface area contributed by atoms with Gasteiger partial charge in [-0.3, -0.25) is 5.41 Å². The van der Waals surface area contributed by atoms with Crippen LogP contribution in [0.3, 0.4) is 0 Å². The topological polar surface area (TPSA) is 61.9 Å². The summed E-state index contributed by atoms with van der Waals surface area (Å²) in [5.41, 5.74) is 11.7. The van der Waals surface area contributed by atoms with Crippen LogP contribution in [0.1, 0.15) is 47.1 Å². The van der Waals surface area contributed by atoms with Crippen molar-refractivity contribution < 1.29 is 0 Å². The molecule has 3 aromatic rings. The highest BCUT2D eigenvalue weighted by molar-refractivity contribution is 5.99. The molecule has 3 heteroatoms. The molecule has 0 fully saturated rings. The lowest BCUT2D eigenvalue weighted by atomic mass is 9.87. The number of rotatable bonds is 4. The van der Waals surface area contributed by atoms with E-state index in [0.29, 0.717) is 5.92 Å². The highest BCUT2D eigenvalue weighted by atomic mass is 14.9. The predicted octanol–water partition coefficient (Wildman–Crippen LogP) is 4.89. The number of hydrogen-bond donors (Lipinski definition) is 3. The molecule has 1 atom stereocenters. The van der Waals surface area contributed by atoms with E-state index in [4.69, 9.17) is 11.1 Å². The Morgan fingerprint density at radius 2 is 1.74 bits per heavy atom. The number of nitrogens with two attached hydrogens (primary N) is 1. The molecule has 136 valence electrons. The molecule has 1 aliphatic rings. The molecule has 0 amide bonds. The molecule has 1 unspecified atom stereocenters. The maximum absolute atomic E-state index is 7.57. The Balaban J connectivity index is 1.61. The Morgan fingerprint density at radius 3 is 2.52 bits per heavy atom. The van der Waals surface area contributed by atoms with E-state index in [9.17, 15) is 0 Å². The smallest absolute Gasteiger partial charge is 0.122 e. The SMILES string of the molecule is CCC1CNCc2ccc(C=Cc3ccc4cc(C(=N)N)ccc4c3)cc21. The average Bonchev–Trinajstić information content (AvgIpc) is 2.71. The number of hydrogen-bond acceptors (Lipinski definition) is 2. The van der Waals surface area contributed by atoms with Crippen LogP contribution in [-0.2, 0) is 6.54 Å². The second-order valence-corrected chi connectivity index (χ2v) is 7.26. The molecule has 0 saturated carbocycles. The van der Waals surface area contributed by atoms with Gasteiger partial charge in [0.2, 0.25) is 0 Å². The number of fused-ring (bicyclic) bond motifs is 2. The molecule has 4 N–H and O–H groups in total. The first-order valence-corrected chi connectivity index (χ1v) is 9.54. The fourth-order valence-electron chi connectivity index (χ4n) is 3.84. The van der Waals surface area contributed by atoms with Crippen molar-refractivity contribution in [1.29, 1.82) is 5.41 Å². The zero-order chi connectivity index (χ0) is 18.8. The molecule has 27 heavy (non-hydrogen) atoms. The Hall–Kier alpha value is -2.91. The van der Waals surface area contributed by atoms with Crippen molar-refractivity contribution in [1.82, 2.24) is 5.32 Å². The van der Waals surface area contributed by atoms with Crippen LogP contribution in [0.2, 0.25) is 0 Å². The van der Waals surface area contributed by atoms with Gasteiger partial charge in [-0.2, -0.15) is 0 Å². The summed E-state index contributed by atoms with van der Waals surface area (Å²) in [6, 6.07) is 19.1. The molecule has 0 saturated heterocycles. The van der Waals surface area contributed by atoms with Crippen molar-refractivity contribution in [3.8, 4) is 0 Å². The largest absolute Gasteiger partial charge is 0.384 e. The van der Waals surface area contributed by atoms with Crippen LogP contribution in [0, 0.1) is 5.41 Å². The monoisotopic (exact) mass is 355 g/mol. The van der Waals surface area contributed by atoms with Crippen molar-refractivity contribution in [3.05, 3.63) is 82.4 Å². The van der Waals surface area contributed by atoms with Gasteiger partial charge >= 0.3 is 0 Å². The maximum atomic E-state index is 7.57. The summed E-state index contributed by atoms with van der Waals surface area (Å²) in [4.78, 5) is 0. The van der Waals surface area contributed by atoms with E-state index >= 15 is 0 Å². The highest BCUT2D eigenvalue weighted by Crippen LogP contribution is 2.28. The summed E-state index contributed by atoms with van der Waals surface area (Å²) >= 11 is 0. The average molecular weight is 355 g/mol. The minimum Gasteiger partial charge on any atom is -0.384 e. The van der Waals surface area contributed by atoms with E-state index in [1.165, 1.54) is 28.7 Å². The minimum absolute atomic E-state index is 0.105. The fraction of sp³-hybridized carbons (Fsp3) is 0.208. The van der Waals surface area contributed by atoms with E-state index in [0.717, 1.165) is 29.4 Å². The molecular weight excluding hydrogens is 330 g/mol. The summed E-state index contributed by atoms with van der Waals surface area (Å²) in [6.45, 7) is 4.31. The first-order chi connectivity index (χ1) is 13.1. The summed E-state index contributed by atoms with van der Waals surface area (Å²) in [5.74, 6) is 0.715. The van der Waals surface area contributed by atoms with Crippen LogP contribution in [0.15, 0.2) is 54.6 Å². The van der Waals surface area contributed by atoms with Crippen molar-refractivity contribution >= 4 is 28.8 Å². The molecule has 3 nitrogen and oxygen atoms in total. The molecule has 0 spiro atoms. The Morgan fingerprint density at radius 1 is 1.04 bits per heavy atom. The third-order valence-electron chi connectivity index (χ3n) is 5.45. The van der Waals surface area contributed by atoms with Gasteiger partial charge in [0, 0.05) is 18.7 Å². The van der Waals surface area contributed by atoms with Gasteiger partial charge in [-0.1, -0.05) is 61.5 Å².